The van der Waals surface area contributed by atoms with Crippen LogP contribution in [-0.4, -0.2) is 28.5 Å². The molecule has 4 rings (SSSR count). The largest absolute Gasteiger partial charge is 0.351 e. The molecular weight excluding hydrogens is 383 g/mol. The van der Waals surface area contributed by atoms with Crippen molar-refractivity contribution in [2.24, 2.45) is 11.3 Å². The van der Waals surface area contributed by atoms with E-state index >= 15 is 0 Å². The molecule has 0 bridgehead atoms. The van der Waals surface area contributed by atoms with E-state index in [1.165, 1.54) is 30.4 Å². The number of halogens is 2. The first kappa shape index (κ1) is 21.7. The van der Waals surface area contributed by atoms with Crippen molar-refractivity contribution in [3.05, 3.63) is 54.1 Å². The molecule has 27 heavy (non-hydrogen) atoms. The highest BCUT2D eigenvalue weighted by Crippen LogP contribution is 2.43. The average Bonchev–Trinajstić information content (AvgIpc) is 3.30. The van der Waals surface area contributed by atoms with Crippen molar-refractivity contribution in [1.82, 2.24) is 20.2 Å². The molecule has 1 saturated heterocycles. The van der Waals surface area contributed by atoms with E-state index in [9.17, 15) is 4.79 Å². The highest BCUT2D eigenvalue weighted by atomic mass is 35.5. The van der Waals surface area contributed by atoms with Gasteiger partial charge in [-0.1, -0.05) is 37.1 Å². The maximum absolute atomic E-state index is 13.0. The van der Waals surface area contributed by atoms with Crippen molar-refractivity contribution < 1.29 is 4.79 Å². The molecule has 2 aromatic rings. The smallest absolute Gasteiger partial charge is 0.228 e. The molecule has 1 aliphatic carbocycles. The maximum atomic E-state index is 13.0. The third-order valence-corrected chi connectivity index (χ3v) is 5.96. The molecule has 2 fully saturated rings. The van der Waals surface area contributed by atoms with Gasteiger partial charge in [0, 0.05) is 32.0 Å². The number of aromatic nitrogens is 2. The van der Waals surface area contributed by atoms with E-state index in [4.69, 9.17) is 0 Å². The number of hydrogen-bond acceptors (Lipinski definition) is 3. The summed E-state index contributed by atoms with van der Waals surface area (Å²) in [5, 5.41) is 6.70. The number of amides is 1. The fraction of sp³-hybridized carbons (Fsp3) is 0.500. The van der Waals surface area contributed by atoms with Crippen LogP contribution in [0.25, 0.3) is 0 Å². The number of carbonyl (C=O) groups is 1. The number of carbonyl (C=O) groups excluding carboxylic acids is 1. The van der Waals surface area contributed by atoms with Crippen LogP contribution < -0.4 is 10.6 Å². The third kappa shape index (κ3) is 4.48. The van der Waals surface area contributed by atoms with Gasteiger partial charge in [0.25, 0.3) is 0 Å². The Morgan fingerprint density at radius 1 is 1.26 bits per heavy atom. The second kappa shape index (κ2) is 9.58. The van der Waals surface area contributed by atoms with Gasteiger partial charge >= 0.3 is 0 Å². The summed E-state index contributed by atoms with van der Waals surface area (Å²) >= 11 is 0. The van der Waals surface area contributed by atoms with Crippen LogP contribution in [0.2, 0.25) is 0 Å². The molecular formula is C20H28Cl2N4O. The number of nitrogens with one attached hydrogen (secondary N) is 2. The zero-order chi connectivity index (χ0) is 17.1. The molecule has 1 aliphatic heterocycles. The zero-order valence-electron chi connectivity index (χ0n) is 15.4. The van der Waals surface area contributed by atoms with Crippen LogP contribution in [-0.2, 0) is 17.9 Å². The topological polar surface area (TPSA) is 59.0 Å². The molecule has 2 heterocycles. The highest BCUT2D eigenvalue weighted by Gasteiger charge is 2.49. The lowest BCUT2D eigenvalue weighted by Crippen LogP contribution is -2.47. The average molecular weight is 411 g/mol. The van der Waals surface area contributed by atoms with E-state index in [1.807, 2.05) is 24.7 Å². The van der Waals surface area contributed by atoms with E-state index in [0.29, 0.717) is 12.5 Å². The van der Waals surface area contributed by atoms with E-state index in [-0.39, 0.29) is 36.1 Å². The second-order valence-electron chi connectivity index (χ2n) is 7.42. The molecule has 7 heteroatoms. The lowest BCUT2D eigenvalue weighted by Gasteiger charge is -2.37. The fourth-order valence-electron chi connectivity index (χ4n) is 4.50. The Hall–Kier alpha value is -1.56. The van der Waals surface area contributed by atoms with Gasteiger partial charge in [-0.15, -0.1) is 24.8 Å². The minimum Gasteiger partial charge on any atom is -0.351 e. The van der Waals surface area contributed by atoms with E-state index in [0.717, 1.165) is 26.1 Å². The van der Waals surface area contributed by atoms with Crippen LogP contribution in [0.3, 0.4) is 0 Å². The highest BCUT2D eigenvalue weighted by molar-refractivity contribution is 5.85. The van der Waals surface area contributed by atoms with Crippen LogP contribution in [0.5, 0.6) is 0 Å². The van der Waals surface area contributed by atoms with Crippen molar-refractivity contribution in [3.8, 4) is 0 Å². The summed E-state index contributed by atoms with van der Waals surface area (Å²) < 4.78 is 2.05. The lowest BCUT2D eigenvalue weighted by atomic mass is 9.67. The third-order valence-electron chi connectivity index (χ3n) is 5.96. The Bertz CT molecular complexity index is 737. The molecule has 2 aliphatic rings. The van der Waals surface area contributed by atoms with Crippen molar-refractivity contribution in [2.45, 2.75) is 38.8 Å². The Morgan fingerprint density at radius 2 is 2.07 bits per heavy atom. The summed E-state index contributed by atoms with van der Waals surface area (Å²) in [6, 6.07) is 8.32. The normalized spacial score (nSPS) is 23.6. The molecule has 2 N–H and O–H groups in total. The number of benzene rings is 1. The summed E-state index contributed by atoms with van der Waals surface area (Å²) in [5.74, 6) is 0.738. The Balaban J connectivity index is 0.00000131. The van der Waals surface area contributed by atoms with E-state index in [1.54, 1.807) is 6.20 Å². The lowest BCUT2D eigenvalue weighted by molar-refractivity contribution is -0.134. The quantitative estimate of drug-likeness (QED) is 0.795. The van der Waals surface area contributed by atoms with E-state index < -0.39 is 0 Å². The summed E-state index contributed by atoms with van der Waals surface area (Å²) in [5.41, 5.74) is 2.22. The van der Waals surface area contributed by atoms with Crippen molar-refractivity contribution in [3.63, 3.8) is 0 Å². The van der Waals surface area contributed by atoms with Gasteiger partial charge in [-0.25, -0.2) is 4.98 Å². The summed E-state index contributed by atoms with van der Waals surface area (Å²) in [6.07, 6.45) is 10.2. The first-order valence-corrected chi connectivity index (χ1v) is 9.29. The monoisotopic (exact) mass is 410 g/mol. The summed E-state index contributed by atoms with van der Waals surface area (Å²) in [4.78, 5) is 17.1. The second-order valence-corrected chi connectivity index (χ2v) is 7.42. The molecule has 2 atom stereocenters. The predicted molar refractivity (Wildman–Crippen MR) is 111 cm³/mol. The number of fused-ring (bicyclic) bond motifs is 1. The first-order chi connectivity index (χ1) is 12.3. The molecule has 1 aromatic heterocycles. The molecule has 148 valence electrons. The maximum Gasteiger partial charge on any atom is 0.228 e. The van der Waals surface area contributed by atoms with Gasteiger partial charge in [0.05, 0.1) is 11.7 Å². The number of hydrogen-bond donors (Lipinski definition) is 2. The fourth-order valence-corrected chi connectivity index (χ4v) is 4.50. The van der Waals surface area contributed by atoms with Gasteiger partial charge in [-0.3, -0.25) is 4.79 Å². The van der Waals surface area contributed by atoms with Crippen molar-refractivity contribution in [1.29, 1.82) is 0 Å². The molecule has 5 nitrogen and oxygen atoms in total. The summed E-state index contributed by atoms with van der Waals surface area (Å²) in [7, 11) is 0. The molecule has 0 radical (unpaired) electrons. The van der Waals surface area contributed by atoms with Crippen molar-refractivity contribution in [2.75, 3.05) is 13.1 Å². The SMILES string of the molecule is Cl.Cl.O=C(NCc1ccccc1Cn1ccnc1)[C@@]12CCCC[C@H]1CNC2. The molecule has 1 aromatic carbocycles. The predicted octanol–water partition coefficient (Wildman–Crippen LogP) is 3.17. The van der Waals surface area contributed by atoms with Gasteiger partial charge in [0.1, 0.15) is 0 Å². The Kier molecular flexibility index (Phi) is 7.71. The minimum absolute atomic E-state index is 0. The number of rotatable bonds is 5. The minimum atomic E-state index is -0.183. The van der Waals surface area contributed by atoms with Gasteiger partial charge in [-0.05, 0) is 36.4 Å². The van der Waals surface area contributed by atoms with Gasteiger partial charge in [0.2, 0.25) is 5.91 Å². The summed E-state index contributed by atoms with van der Waals surface area (Å²) in [6.45, 7) is 3.20. The molecule has 1 amide bonds. The van der Waals surface area contributed by atoms with Gasteiger partial charge in [0.15, 0.2) is 0 Å². The van der Waals surface area contributed by atoms with Crippen LogP contribution in [0.1, 0.15) is 36.8 Å². The van der Waals surface area contributed by atoms with Crippen LogP contribution in [0.4, 0.5) is 0 Å². The molecule has 0 unspecified atom stereocenters. The number of nitrogens with zero attached hydrogens (tertiary/aromatic N) is 2. The zero-order valence-corrected chi connectivity index (χ0v) is 17.0. The van der Waals surface area contributed by atoms with Crippen LogP contribution in [0.15, 0.2) is 43.0 Å². The molecule has 1 saturated carbocycles. The Morgan fingerprint density at radius 3 is 2.85 bits per heavy atom. The molecule has 0 spiro atoms. The Labute approximate surface area is 173 Å². The van der Waals surface area contributed by atoms with E-state index in [2.05, 4.69) is 32.3 Å². The van der Waals surface area contributed by atoms with Gasteiger partial charge in [-0.2, -0.15) is 0 Å². The van der Waals surface area contributed by atoms with Gasteiger partial charge < -0.3 is 15.2 Å². The van der Waals surface area contributed by atoms with Crippen LogP contribution in [0, 0.1) is 11.3 Å². The first-order valence-electron chi connectivity index (χ1n) is 9.29. The number of imidazole rings is 1. The standard InChI is InChI=1S/C20H26N4O.2ClH/c25-19(20-8-4-3-7-18(20)12-22-14-20)23-11-16-5-1-2-6-17(16)13-24-10-9-21-15-24;;/h1-2,5-6,9-10,15,18,22H,3-4,7-8,11-14H2,(H,23,25);2*1H/t18-,20+;;/m0../s1. The van der Waals surface area contributed by atoms with Crippen molar-refractivity contribution >= 4 is 30.7 Å². The van der Waals surface area contributed by atoms with Crippen LogP contribution >= 0.6 is 24.8 Å².